The van der Waals surface area contributed by atoms with Gasteiger partial charge in [-0.05, 0) is 55.0 Å². The Morgan fingerprint density at radius 3 is 2.62 bits per heavy atom. The summed E-state index contributed by atoms with van der Waals surface area (Å²) < 4.78 is 0. The molecular formula is C17H21N3S. The van der Waals surface area contributed by atoms with E-state index in [1.807, 2.05) is 18.2 Å². The molecule has 0 aromatic heterocycles. The first-order chi connectivity index (χ1) is 10.1. The molecule has 0 amide bonds. The average molecular weight is 299 g/mol. The topological polar surface area (TPSA) is 50.4 Å². The first kappa shape index (κ1) is 15.4. The van der Waals surface area contributed by atoms with Gasteiger partial charge in [0.25, 0.3) is 0 Å². The molecule has 0 saturated carbocycles. The van der Waals surface area contributed by atoms with Crippen molar-refractivity contribution in [1.29, 1.82) is 0 Å². The fourth-order valence-corrected chi connectivity index (χ4v) is 2.76. The standard InChI is InChI=1S/C17H21N3S/c1-12-5-4-6-15(9-12)20-17(18)19-11-14-8-7-13(2)10-16(14)21-3/h4-10H,11H2,1-3H3,(H3,18,19,20). The number of benzene rings is 2. The van der Waals surface area contributed by atoms with Crippen LogP contribution in [0.5, 0.6) is 0 Å². The second-order valence-corrected chi connectivity index (χ2v) is 5.86. The molecular weight excluding hydrogens is 278 g/mol. The number of hydrogen-bond acceptors (Lipinski definition) is 2. The Hall–Kier alpha value is -1.94. The van der Waals surface area contributed by atoms with Gasteiger partial charge in [-0.25, -0.2) is 4.99 Å². The van der Waals surface area contributed by atoms with E-state index in [2.05, 4.69) is 54.7 Å². The Kier molecular flexibility index (Phi) is 5.28. The monoisotopic (exact) mass is 299 g/mol. The van der Waals surface area contributed by atoms with Gasteiger partial charge >= 0.3 is 0 Å². The second kappa shape index (κ2) is 7.18. The van der Waals surface area contributed by atoms with Crippen LogP contribution in [-0.2, 0) is 6.54 Å². The quantitative estimate of drug-likeness (QED) is 0.510. The van der Waals surface area contributed by atoms with E-state index in [0.717, 1.165) is 5.69 Å². The van der Waals surface area contributed by atoms with Crippen LogP contribution in [0.25, 0.3) is 0 Å². The van der Waals surface area contributed by atoms with Crippen molar-refractivity contribution in [3.8, 4) is 0 Å². The van der Waals surface area contributed by atoms with Crippen molar-refractivity contribution < 1.29 is 0 Å². The van der Waals surface area contributed by atoms with Crippen LogP contribution in [0.1, 0.15) is 16.7 Å². The van der Waals surface area contributed by atoms with Gasteiger partial charge in [0.2, 0.25) is 0 Å². The summed E-state index contributed by atoms with van der Waals surface area (Å²) in [6.45, 7) is 4.73. The number of nitrogens with zero attached hydrogens (tertiary/aromatic N) is 1. The summed E-state index contributed by atoms with van der Waals surface area (Å²) in [5.74, 6) is 0.438. The summed E-state index contributed by atoms with van der Waals surface area (Å²) in [6, 6.07) is 14.5. The molecule has 2 aromatic carbocycles. The van der Waals surface area contributed by atoms with Gasteiger partial charge in [-0.3, -0.25) is 0 Å². The average Bonchev–Trinajstić information content (AvgIpc) is 2.45. The van der Waals surface area contributed by atoms with Crippen LogP contribution in [0.15, 0.2) is 52.4 Å². The van der Waals surface area contributed by atoms with Gasteiger partial charge in [0.15, 0.2) is 5.96 Å². The summed E-state index contributed by atoms with van der Waals surface area (Å²) in [5, 5.41) is 3.12. The maximum absolute atomic E-state index is 5.96. The predicted octanol–water partition coefficient (Wildman–Crippen LogP) is 3.95. The minimum atomic E-state index is 0.438. The Morgan fingerprint density at radius 2 is 1.90 bits per heavy atom. The fourth-order valence-electron chi connectivity index (χ4n) is 2.06. The van der Waals surface area contributed by atoms with Crippen molar-refractivity contribution in [1.82, 2.24) is 0 Å². The number of aliphatic imine (C=N–C) groups is 1. The number of aryl methyl sites for hydroxylation is 2. The van der Waals surface area contributed by atoms with Crippen LogP contribution in [-0.4, -0.2) is 12.2 Å². The largest absolute Gasteiger partial charge is 0.370 e. The molecule has 0 spiro atoms. The van der Waals surface area contributed by atoms with Crippen molar-refractivity contribution in [2.45, 2.75) is 25.3 Å². The predicted molar refractivity (Wildman–Crippen MR) is 93.1 cm³/mol. The maximum atomic E-state index is 5.96. The molecule has 0 unspecified atom stereocenters. The van der Waals surface area contributed by atoms with Gasteiger partial charge in [0, 0.05) is 10.6 Å². The number of guanidine groups is 1. The SMILES string of the molecule is CSc1cc(C)ccc1CN=C(N)Nc1cccc(C)c1. The molecule has 21 heavy (non-hydrogen) atoms. The minimum absolute atomic E-state index is 0.438. The van der Waals surface area contributed by atoms with E-state index in [9.17, 15) is 0 Å². The molecule has 0 radical (unpaired) electrons. The van der Waals surface area contributed by atoms with Crippen LogP contribution >= 0.6 is 11.8 Å². The van der Waals surface area contributed by atoms with Gasteiger partial charge in [-0.2, -0.15) is 0 Å². The Bertz CT molecular complexity index is 650. The molecule has 0 bridgehead atoms. The van der Waals surface area contributed by atoms with Crippen molar-refractivity contribution in [3.63, 3.8) is 0 Å². The molecule has 2 aromatic rings. The van der Waals surface area contributed by atoms with Crippen molar-refractivity contribution in [3.05, 3.63) is 59.2 Å². The van der Waals surface area contributed by atoms with E-state index in [-0.39, 0.29) is 0 Å². The summed E-state index contributed by atoms with van der Waals surface area (Å²) >= 11 is 1.74. The highest BCUT2D eigenvalue weighted by molar-refractivity contribution is 7.98. The fraction of sp³-hybridized carbons (Fsp3) is 0.235. The third-order valence-corrected chi connectivity index (χ3v) is 3.97. The van der Waals surface area contributed by atoms with Gasteiger partial charge < -0.3 is 11.1 Å². The zero-order valence-corrected chi connectivity index (χ0v) is 13.5. The lowest BCUT2D eigenvalue weighted by Gasteiger charge is -2.08. The summed E-state index contributed by atoms with van der Waals surface area (Å²) in [7, 11) is 0. The Morgan fingerprint density at radius 1 is 1.14 bits per heavy atom. The van der Waals surface area contributed by atoms with Crippen LogP contribution in [0.3, 0.4) is 0 Å². The first-order valence-corrected chi connectivity index (χ1v) is 8.08. The molecule has 0 aliphatic carbocycles. The number of anilines is 1. The lowest BCUT2D eigenvalue weighted by Crippen LogP contribution is -2.22. The number of nitrogens with one attached hydrogen (secondary N) is 1. The van der Waals surface area contributed by atoms with E-state index in [1.165, 1.54) is 21.6 Å². The van der Waals surface area contributed by atoms with E-state index in [1.54, 1.807) is 11.8 Å². The number of thioether (sulfide) groups is 1. The highest BCUT2D eigenvalue weighted by Crippen LogP contribution is 2.22. The molecule has 3 nitrogen and oxygen atoms in total. The lowest BCUT2D eigenvalue weighted by molar-refractivity contribution is 1.02. The Labute approximate surface area is 130 Å². The summed E-state index contributed by atoms with van der Waals surface area (Å²) in [6.07, 6.45) is 2.08. The van der Waals surface area contributed by atoms with E-state index in [4.69, 9.17) is 5.73 Å². The third kappa shape index (κ3) is 4.53. The van der Waals surface area contributed by atoms with Gasteiger partial charge in [-0.1, -0.05) is 24.3 Å². The molecule has 110 valence electrons. The molecule has 3 N–H and O–H groups in total. The minimum Gasteiger partial charge on any atom is -0.370 e. The lowest BCUT2D eigenvalue weighted by atomic mass is 10.1. The second-order valence-electron chi connectivity index (χ2n) is 5.01. The molecule has 0 aliphatic heterocycles. The smallest absolute Gasteiger partial charge is 0.193 e. The first-order valence-electron chi connectivity index (χ1n) is 6.85. The van der Waals surface area contributed by atoms with Crippen LogP contribution in [0.2, 0.25) is 0 Å². The molecule has 4 heteroatoms. The molecule has 0 saturated heterocycles. The van der Waals surface area contributed by atoms with Crippen molar-refractivity contribution >= 4 is 23.4 Å². The molecule has 0 fully saturated rings. The van der Waals surface area contributed by atoms with Crippen molar-refractivity contribution in [2.24, 2.45) is 10.7 Å². The van der Waals surface area contributed by atoms with E-state index >= 15 is 0 Å². The zero-order chi connectivity index (χ0) is 15.2. The highest BCUT2D eigenvalue weighted by atomic mass is 32.2. The maximum Gasteiger partial charge on any atom is 0.193 e. The Balaban J connectivity index is 2.07. The normalized spacial score (nSPS) is 11.5. The van der Waals surface area contributed by atoms with Crippen LogP contribution in [0, 0.1) is 13.8 Å². The summed E-state index contributed by atoms with van der Waals surface area (Å²) in [5.41, 5.74) is 10.6. The molecule has 0 heterocycles. The number of rotatable bonds is 4. The van der Waals surface area contributed by atoms with E-state index in [0.29, 0.717) is 12.5 Å². The number of nitrogens with two attached hydrogens (primary N) is 1. The van der Waals surface area contributed by atoms with Crippen LogP contribution < -0.4 is 11.1 Å². The van der Waals surface area contributed by atoms with Gasteiger partial charge in [0.05, 0.1) is 6.54 Å². The van der Waals surface area contributed by atoms with E-state index < -0.39 is 0 Å². The highest BCUT2D eigenvalue weighted by Gasteiger charge is 2.02. The van der Waals surface area contributed by atoms with Gasteiger partial charge in [0.1, 0.15) is 0 Å². The number of hydrogen-bond donors (Lipinski definition) is 2. The summed E-state index contributed by atoms with van der Waals surface area (Å²) in [4.78, 5) is 5.68. The van der Waals surface area contributed by atoms with Crippen molar-refractivity contribution in [2.75, 3.05) is 11.6 Å². The molecule has 0 aliphatic rings. The zero-order valence-electron chi connectivity index (χ0n) is 12.7. The molecule has 0 atom stereocenters. The van der Waals surface area contributed by atoms with Gasteiger partial charge in [-0.15, -0.1) is 11.8 Å². The molecule has 2 rings (SSSR count). The third-order valence-electron chi connectivity index (χ3n) is 3.15. The van der Waals surface area contributed by atoms with Crippen LogP contribution in [0.4, 0.5) is 5.69 Å².